The van der Waals surface area contributed by atoms with Gasteiger partial charge >= 0.3 is 0 Å². The predicted octanol–water partition coefficient (Wildman–Crippen LogP) is 3.54. The smallest absolute Gasteiger partial charge is 0.261 e. The molecule has 22 heavy (non-hydrogen) atoms. The van der Waals surface area contributed by atoms with Gasteiger partial charge in [-0.25, -0.2) is 0 Å². The summed E-state index contributed by atoms with van der Waals surface area (Å²) in [5.41, 5.74) is 1.13. The van der Waals surface area contributed by atoms with E-state index in [2.05, 4.69) is 0 Å². The molecule has 108 valence electrons. The van der Waals surface area contributed by atoms with Gasteiger partial charge in [-0.3, -0.25) is 14.5 Å². The van der Waals surface area contributed by atoms with E-state index in [0.717, 1.165) is 16.5 Å². The van der Waals surface area contributed by atoms with Crippen LogP contribution in [0.1, 0.15) is 32.2 Å². The second-order valence-electron chi connectivity index (χ2n) is 5.42. The molecule has 4 nitrogen and oxygen atoms in total. The molecule has 1 aromatic heterocycles. The van der Waals surface area contributed by atoms with Crippen LogP contribution in [0.4, 0.5) is 0 Å². The molecule has 1 aliphatic heterocycles. The van der Waals surface area contributed by atoms with Crippen LogP contribution < -0.4 is 0 Å². The fourth-order valence-electron chi connectivity index (χ4n) is 2.95. The number of hydrogen-bond acceptors (Lipinski definition) is 3. The molecule has 2 heterocycles. The monoisotopic (exact) mass is 291 g/mol. The molecule has 0 atom stereocenters. The van der Waals surface area contributed by atoms with Crippen LogP contribution in [-0.2, 0) is 6.54 Å². The SMILES string of the molecule is Cc1ccc(CN2C(=O)c3cccc4cccc(c34)C2=O)o1. The third-order valence-electron chi connectivity index (χ3n) is 3.97. The Hall–Kier alpha value is -2.88. The number of nitrogens with zero attached hydrogens (tertiary/aromatic N) is 1. The minimum Gasteiger partial charge on any atom is -0.464 e. The predicted molar refractivity (Wildman–Crippen MR) is 81.6 cm³/mol. The van der Waals surface area contributed by atoms with Crippen molar-refractivity contribution in [3.8, 4) is 0 Å². The second kappa shape index (κ2) is 4.56. The molecule has 0 N–H and O–H groups in total. The molecule has 0 radical (unpaired) electrons. The van der Waals surface area contributed by atoms with Crippen molar-refractivity contribution >= 4 is 22.6 Å². The third-order valence-corrected chi connectivity index (χ3v) is 3.97. The van der Waals surface area contributed by atoms with Gasteiger partial charge in [-0.05, 0) is 36.6 Å². The average molecular weight is 291 g/mol. The van der Waals surface area contributed by atoms with Gasteiger partial charge in [0.2, 0.25) is 0 Å². The number of rotatable bonds is 2. The maximum absolute atomic E-state index is 12.7. The van der Waals surface area contributed by atoms with Crippen molar-refractivity contribution in [3.05, 3.63) is 71.2 Å². The summed E-state index contributed by atoms with van der Waals surface area (Å²) < 4.78 is 5.50. The van der Waals surface area contributed by atoms with Crippen LogP contribution >= 0.6 is 0 Å². The maximum atomic E-state index is 12.7. The zero-order valence-corrected chi connectivity index (χ0v) is 12.0. The van der Waals surface area contributed by atoms with Crippen LogP contribution in [-0.4, -0.2) is 16.7 Å². The van der Waals surface area contributed by atoms with E-state index in [0.29, 0.717) is 16.9 Å². The first-order valence-corrected chi connectivity index (χ1v) is 7.08. The average Bonchev–Trinajstić information content (AvgIpc) is 2.94. The molecule has 3 aromatic rings. The fraction of sp³-hybridized carbons (Fsp3) is 0.111. The first-order chi connectivity index (χ1) is 10.6. The van der Waals surface area contributed by atoms with Gasteiger partial charge < -0.3 is 4.42 Å². The van der Waals surface area contributed by atoms with E-state index in [1.807, 2.05) is 37.3 Å². The number of carbonyl (C=O) groups is 2. The molecular weight excluding hydrogens is 278 g/mol. The summed E-state index contributed by atoms with van der Waals surface area (Å²) in [6.07, 6.45) is 0. The molecule has 4 heteroatoms. The van der Waals surface area contributed by atoms with Crippen LogP contribution in [0.25, 0.3) is 10.8 Å². The van der Waals surface area contributed by atoms with Crippen molar-refractivity contribution < 1.29 is 14.0 Å². The molecule has 0 fully saturated rings. The van der Waals surface area contributed by atoms with Gasteiger partial charge in [0.15, 0.2) is 0 Å². The van der Waals surface area contributed by atoms with Gasteiger partial charge in [-0.2, -0.15) is 0 Å². The van der Waals surface area contributed by atoms with Gasteiger partial charge in [0, 0.05) is 16.5 Å². The second-order valence-corrected chi connectivity index (χ2v) is 5.42. The van der Waals surface area contributed by atoms with Crippen LogP contribution in [0.3, 0.4) is 0 Å². The summed E-state index contributed by atoms with van der Waals surface area (Å²) in [7, 11) is 0. The normalized spacial score (nSPS) is 14.0. The molecule has 2 amide bonds. The minimum absolute atomic E-state index is 0.149. The summed E-state index contributed by atoms with van der Waals surface area (Å²) in [4.78, 5) is 26.6. The van der Waals surface area contributed by atoms with E-state index >= 15 is 0 Å². The highest BCUT2D eigenvalue weighted by atomic mass is 16.3. The first-order valence-electron chi connectivity index (χ1n) is 7.08. The zero-order chi connectivity index (χ0) is 15.3. The van der Waals surface area contributed by atoms with E-state index in [-0.39, 0.29) is 18.4 Å². The molecule has 0 saturated carbocycles. The molecule has 0 spiro atoms. The van der Waals surface area contributed by atoms with E-state index in [9.17, 15) is 9.59 Å². The minimum atomic E-state index is -0.275. The van der Waals surface area contributed by atoms with E-state index < -0.39 is 0 Å². The molecule has 0 unspecified atom stereocenters. The van der Waals surface area contributed by atoms with E-state index in [1.54, 1.807) is 18.2 Å². The first kappa shape index (κ1) is 12.8. The number of imide groups is 1. The Morgan fingerprint density at radius 2 is 1.55 bits per heavy atom. The van der Waals surface area contributed by atoms with Crippen molar-refractivity contribution in [1.82, 2.24) is 4.90 Å². The van der Waals surface area contributed by atoms with Crippen molar-refractivity contribution in [2.75, 3.05) is 0 Å². The summed E-state index contributed by atoms with van der Waals surface area (Å²) >= 11 is 0. The highest BCUT2D eigenvalue weighted by Gasteiger charge is 2.33. The zero-order valence-electron chi connectivity index (χ0n) is 12.0. The molecule has 0 aliphatic carbocycles. The molecule has 0 bridgehead atoms. The highest BCUT2D eigenvalue weighted by molar-refractivity contribution is 6.25. The van der Waals surface area contributed by atoms with Crippen molar-refractivity contribution in [2.45, 2.75) is 13.5 Å². The number of aryl methyl sites for hydroxylation is 1. The quantitative estimate of drug-likeness (QED) is 0.679. The van der Waals surface area contributed by atoms with Gasteiger partial charge in [0.1, 0.15) is 11.5 Å². The lowest BCUT2D eigenvalue weighted by Gasteiger charge is -2.26. The molecule has 0 saturated heterocycles. The van der Waals surface area contributed by atoms with Crippen LogP contribution in [0, 0.1) is 6.92 Å². The van der Waals surface area contributed by atoms with Gasteiger partial charge in [-0.15, -0.1) is 0 Å². The summed E-state index contributed by atoms with van der Waals surface area (Å²) in [6, 6.07) is 14.6. The Balaban J connectivity index is 1.85. The standard InChI is InChI=1S/C18H13NO3/c1-11-8-9-13(22-11)10-19-17(20)14-6-2-4-12-5-3-7-15(16(12)14)18(19)21/h2-9H,10H2,1H3. The van der Waals surface area contributed by atoms with E-state index in [1.165, 1.54) is 4.90 Å². The van der Waals surface area contributed by atoms with Crippen LogP contribution in [0.2, 0.25) is 0 Å². The van der Waals surface area contributed by atoms with Gasteiger partial charge in [0.25, 0.3) is 11.8 Å². The lowest BCUT2D eigenvalue weighted by atomic mass is 9.94. The molecule has 1 aliphatic rings. The number of carbonyl (C=O) groups excluding carboxylic acids is 2. The van der Waals surface area contributed by atoms with Crippen molar-refractivity contribution in [1.29, 1.82) is 0 Å². The largest absolute Gasteiger partial charge is 0.464 e. The summed E-state index contributed by atoms with van der Waals surface area (Å²) in [6.45, 7) is 1.98. The summed E-state index contributed by atoms with van der Waals surface area (Å²) in [5, 5.41) is 1.65. The number of amides is 2. The third kappa shape index (κ3) is 1.77. The number of benzene rings is 2. The Morgan fingerprint density at radius 1 is 0.909 bits per heavy atom. The lowest BCUT2D eigenvalue weighted by molar-refractivity contribution is 0.0586. The van der Waals surface area contributed by atoms with Crippen molar-refractivity contribution in [2.24, 2.45) is 0 Å². The Morgan fingerprint density at radius 3 is 2.09 bits per heavy atom. The number of hydrogen-bond donors (Lipinski definition) is 0. The fourth-order valence-corrected chi connectivity index (χ4v) is 2.95. The number of furan rings is 1. The Kier molecular flexibility index (Phi) is 2.66. The molecular formula is C18H13NO3. The van der Waals surface area contributed by atoms with Crippen LogP contribution in [0.15, 0.2) is 52.9 Å². The lowest BCUT2D eigenvalue weighted by Crippen LogP contribution is -2.39. The highest BCUT2D eigenvalue weighted by Crippen LogP contribution is 2.30. The maximum Gasteiger partial charge on any atom is 0.261 e. The summed E-state index contributed by atoms with van der Waals surface area (Å²) in [5.74, 6) is 0.812. The Labute approximate surface area is 127 Å². The van der Waals surface area contributed by atoms with Gasteiger partial charge in [0.05, 0.1) is 6.54 Å². The molecule has 4 rings (SSSR count). The van der Waals surface area contributed by atoms with E-state index in [4.69, 9.17) is 4.42 Å². The molecule has 2 aromatic carbocycles. The van der Waals surface area contributed by atoms with Crippen LogP contribution in [0.5, 0.6) is 0 Å². The van der Waals surface area contributed by atoms with Crippen molar-refractivity contribution in [3.63, 3.8) is 0 Å². The Bertz CT molecular complexity index is 872. The topological polar surface area (TPSA) is 50.5 Å². The van der Waals surface area contributed by atoms with Gasteiger partial charge in [-0.1, -0.05) is 24.3 Å².